The fourth-order valence-electron chi connectivity index (χ4n) is 1.25. The van der Waals surface area contributed by atoms with Gasteiger partial charge in [0.1, 0.15) is 5.52 Å². The molecule has 2 nitrogen and oxygen atoms in total. The smallest absolute Gasteiger partial charge is 0.103 e. The van der Waals surface area contributed by atoms with Crippen molar-refractivity contribution in [2.75, 3.05) is 0 Å². The molecular formula is C10H12N2S. The minimum absolute atomic E-state index is 0.511. The van der Waals surface area contributed by atoms with Crippen molar-refractivity contribution in [3.8, 4) is 0 Å². The molecule has 3 heteroatoms. The fourth-order valence-corrected chi connectivity index (χ4v) is 2.26. The molecule has 0 amide bonds. The quantitative estimate of drug-likeness (QED) is 0.693. The van der Waals surface area contributed by atoms with Gasteiger partial charge in [-0.05, 0) is 13.0 Å². The Kier molecular flexibility index (Phi) is 2.04. The molecule has 0 atom stereocenters. The minimum Gasteiger partial charge on any atom is -0.259 e. The molecule has 0 aliphatic rings. The van der Waals surface area contributed by atoms with E-state index in [2.05, 4.69) is 23.8 Å². The van der Waals surface area contributed by atoms with Gasteiger partial charge in [0, 0.05) is 12.1 Å². The first-order valence-corrected chi connectivity index (χ1v) is 5.22. The zero-order valence-electron chi connectivity index (χ0n) is 8.03. The van der Waals surface area contributed by atoms with Crippen molar-refractivity contribution in [2.24, 2.45) is 0 Å². The van der Waals surface area contributed by atoms with Crippen molar-refractivity contribution in [2.45, 2.75) is 26.7 Å². The van der Waals surface area contributed by atoms with E-state index in [1.54, 1.807) is 11.3 Å². The Bertz CT molecular complexity index is 431. The van der Waals surface area contributed by atoms with Crippen molar-refractivity contribution >= 4 is 21.6 Å². The van der Waals surface area contributed by atoms with Crippen LogP contribution in [0.25, 0.3) is 10.2 Å². The Morgan fingerprint density at radius 2 is 2.15 bits per heavy atom. The number of nitrogens with zero attached hydrogens (tertiary/aromatic N) is 2. The third-order valence-electron chi connectivity index (χ3n) is 2.00. The van der Waals surface area contributed by atoms with E-state index in [4.69, 9.17) is 0 Å². The second-order valence-corrected chi connectivity index (χ2v) is 4.51. The van der Waals surface area contributed by atoms with Crippen LogP contribution in [0.3, 0.4) is 0 Å². The zero-order valence-corrected chi connectivity index (χ0v) is 8.85. The Labute approximate surface area is 81.7 Å². The average molecular weight is 192 g/mol. The van der Waals surface area contributed by atoms with Gasteiger partial charge in [0.2, 0.25) is 0 Å². The Hall–Kier alpha value is -0.960. The van der Waals surface area contributed by atoms with Crippen molar-refractivity contribution < 1.29 is 0 Å². The lowest BCUT2D eigenvalue weighted by molar-refractivity contribution is 0.856. The largest absolute Gasteiger partial charge is 0.259 e. The molecule has 2 aromatic heterocycles. The molecule has 68 valence electrons. The highest BCUT2D eigenvalue weighted by molar-refractivity contribution is 7.18. The van der Waals surface area contributed by atoms with E-state index < -0.39 is 0 Å². The summed E-state index contributed by atoms with van der Waals surface area (Å²) in [6.07, 6.45) is 1.85. The number of aromatic nitrogens is 2. The molecule has 0 saturated heterocycles. The first-order chi connectivity index (χ1) is 6.18. The Morgan fingerprint density at radius 1 is 1.38 bits per heavy atom. The van der Waals surface area contributed by atoms with E-state index in [0.717, 1.165) is 11.2 Å². The standard InChI is InChI=1S/C10H12N2S/c1-6(2)10-12-9-7(3)11-5-4-8(9)13-10/h4-6H,1-3H3. The molecule has 0 saturated carbocycles. The summed E-state index contributed by atoms with van der Waals surface area (Å²) in [5.74, 6) is 0.511. The van der Waals surface area contributed by atoms with Crippen molar-refractivity contribution in [1.29, 1.82) is 0 Å². The maximum absolute atomic E-state index is 4.57. The normalized spacial score (nSPS) is 11.4. The highest BCUT2D eigenvalue weighted by Gasteiger charge is 2.08. The Balaban J connectivity index is 2.68. The molecule has 0 spiro atoms. The highest BCUT2D eigenvalue weighted by atomic mass is 32.1. The summed E-state index contributed by atoms with van der Waals surface area (Å²) in [7, 11) is 0. The number of rotatable bonds is 1. The lowest BCUT2D eigenvalue weighted by atomic mass is 10.2. The predicted octanol–water partition coefficient (Wildman–Crippen LogP) is 3.12. The van der Waals surface area contributed by atoms with Gasteiger partial charge in [-0.3, -0.25) is 4.98 Å². The number of thiazole rings is 1. The third kappa shape index (κ3) is 1.44. The van der Waals surface area contributed by atoms with Crippen LogP contribution < -0.4 is 0 Å². The SMILES string of the molecule is Cc1nccc2sc(C(C)C)nc12. The van der Waals surface area contributed by atoms with Gasteiger partial charge in [-0.2, -0.15) is 0 Å². The third-order valence-corrected chi connectivity index (χ3v) is 3.32. The van der Waals surface area contributed by atoms with E-state index in [0.29, 0.717) is 5.92 Å². The first kappa shape index (κ1) is 8.63. The van der Waals surface area contributed by atoms with Crippen LogP contribution in [-0.2, 0) is 0 Å². The van der Waals surface area contributed by atoms with Crippen LogP contribution in [-0.4, -0.2) is 9.97 Å². The summed E-state index contributed by atoms with van der Waals surface area (Å²) in [6, 6.07) is 2.03. The van der Waals surface area contributed by atoms with E-state index in [1.807, 2.05) is 19.2 Å². The van der Waals surface area contributed by atoms with E-state index in [1.165, 1.54) is 9.71 Å². The number of hydrogen-bond acceptors (Lipinski definition) is 3. The van der Waals surface area contributed by atoms with Crippen LogP contribution >= 0.6 is 11.3 Å². The fraction of sp³-hybridized carbons (Fsp3) is 0.400. The highest BCUT2D eigenvalue weighted by Crippen LogP contribution is 2.27. The van der Waals surface area contributed by atoms with Gasteiger partial charge in [-0.15, -0.1) is 11.3 Å². The maximum atomic E-state index is 4.57. The lowest BCUT2D eigenvalue weighted by Gasteiger charge is -1.94. The van der Waals surface area contributed by atoms with Crippen molar-refractivity contribution in [3.05, 3.63) is 23.0 Å². The summed E-state index contributed by atoms with van der Waals surface area (Å²) < 4.78 is 1.25. The van der Waals surface area contributed by atoms with Crippen LogP contribution in [0, 0.1) is 6.92 Å². The molecule has 0 bridgehead atoms. The molecule has 0 unspecified atom stereocenters. The molecule has 0 fully saturated rings. The molecule has 0 N–H and O–H groups in total. The van der Waals surface area contributed by atoms with Gasteiger partial charge >= 0.3 is 0 Å². The van der Waals surface area contributed by atoms with E-state index >= 15 is 0 Å². The van der Waals surface area contributed by atoms with E-state index in [-0.39, 0.29) is 0 Å². The summed E-state index contributed by atoms with van der Waals surface area (Å²) >= 11 is 1.77. The number of fused-ring (bicyclic) bond motifs is 1. The predicted molar refractivity (Wildman–Crippen MR) is 56.2 cm³/mol. The van der Waals surface area contributed by atoms with Crippen LogP contribution in [0.5, 0.6) is 0 Å². The van der Waals surface area contributed by atoms with Crippen molar-refractivity contribution in [1.82, 2.24) is 9.97 Å². The monoisotopic (exact) mass is 192 g/mol. The zero-order chi connectivity index (χ0) is 9.42. The molecule has 0 aromatic carbocycles. The van der Waals surface area contributed by atoms with Gasteiger partial charge in [0.05, 0.1) is 15.4 Å². The number of hydrogen-bond donors (Lipinski definition) is 0. The molecule has 0 aliphatic heterocycles. The van der Waals surface area contributed by atoms with Gasteiger partial charge in [0.25, 0.3) is 0 Å². The van der Waals surface area contributed by atoms with Crippen LogP contribution in [0.4, 0.5) is 0 Å². The lowest BCUT2D eigenvalue weighted by Crippen LogP contribution is -1.85. The second-order valence-electron chi connectivity index (χ2n) is 3.45. The molecular weight excluding hydrogens is 180 g/mol. The van der Waals surface area contributed by atoms with Gasteiger partial charge in [0.15, 0.2) is 0 Å². The van der Waals surface area contributed by atoms with Gasteiger partial charge < -0.3 is 0 Å². The van der Waals surface area contributed by atoms with Gasteiger partial charge in [-0.25, -0.2) is 4.98 Å². The van der Waals surface area contributed by atoms with Crippen LogP contribution in [0.1, 0.15) is 30.5 Å². The van der Waals surface area contributed by atoms with Crippen molar-refractivity contribution in [3.63, 3.8) is 0 Å². The number of aryl methyl sites for hydroxylation is 1. The molecule has 13 heavy (non-hydrogen) atoms. The van der Waals surface area contributed by atoms with Gasteiger partial charge in [-0.1, -0.05) is 13.8 Å². The second kappa shape index (κ2) is 3.07. The summed E-state index contributed by atoms with van der Waals surface area (Å²) in [4.78, 5) is 8.79. The summed E-state index contributed by atoms with van der Waals surface area (Å²) in [5.41, 5.74) is 2.09. The maximum Gasteiger partial charge on any atom is 0.103 e. The topological polar surface area (TPSA) is 25.8 Å². The minimum atomic E-state index is 0.511. The molecule has 0 aliphatic carbocycles. The first-order valence-electron chi connectivity index (χ1n) is 4.40. The average Bonchev–Trinajstić information content (AvgIpc) is 2.49. The number of pyridine rings is 1. The Morgan fingerprint density at radius 3 is 2.77 bits per heavy atom. The molecule has 2 aromatic rings. The van der Waals surface area contributed by atoms with Crippen LogP contribution in [0.2, 0.25) is 0 Å². The molecule has 2 rings (SSSR count). The summed E-state index contributed by atoms with van der Waals surface area (Å²) in [6.45, 7) is 6.34. The molecule has 0 radical (unpaired) electrons. The summed E-state index contributed by atoms with van der Waals surface area (Å²) in [5, 5.41) is 1.20. The molecule has 2 heterocycles. The van der Waals surface area contributed by atoms with E-state index in [9.17, 15) is 0 Å². The van der Waals surface area contributed by atoms with Crippen LogP contribution in [0.15, 0.2) is 12.3 Å².